The Balaban J connectivity index is 1.22. The molecule has 1 aromatic heterocycles. The molecule has 0 aliphatic heterocycles. The van der Waals surface area contributed by atoms with Gasteiger partial charge in [-0.1, -0.05) is 164 Å². The summed E-state index contributed by atoms with van der Waals surface area (Å²) in [5, 5.41) is 2.25. The Kier molecular flexibility index (Phi) is 7.53. The largest absolute Gasteiger partial charge is 0.456 e. The lowest BCUT2D eigenvalue weighted by atomic mass is 9.79. The fourth-order valence-electron chi connectivity index (χ4n) is 8.72. The number of benzene rings is 9. The number of fused-ring (bicyclic) bond motifs is 12. The fraction of sp³-hybridized carbons (Fsp3) is 0. The molecule has 10 aromatic rings. The van der Waals surface area contributed by atoms with Gasteiger partial charge in [-0.2, -0.15) is 0 Å². The number of furan rings is 1. The number of hydrogen-bond acceptors (Lipinski definition) is 2. The predicted octanol–water partition coefficient (Wildman–Crippen LogP) is 15.4. The monoisotopic (exact) mass is 713 g/mol. The summed E-state index contributed by atoms with van der Waals surface area (Å²) in [6, 6.07) is 76.6. The smallest absolute Gasteiger partial charge is 0.136 e. The van der Waals surface area contributed by atoms with Crippen molar-refractivity contribution >= 4 is 39.0 Å². The third-order valence-electron chi connectivity index (χ3n) is 11.3. The van der Waals surface area contributed by atoms with Gasteiger partial charge in [0.2, 0.25) is 0 Å². The molecule has 0 bridgehead atoms. The fourth-order valence-corrected chi connectivity index (χ4v) is 8.72. The van der Waals surface area contributed by atoms with Crippen molar-refractivity contribution in [2.24, 2.45) is 0 Å². The third-order valence-corrected chi connectivity index (χ3v) is 11.3. The van der Waals surface area contributed by atoms with E-state index in [0.717, 1.165) is 39.0 Å². The van der Waals surface area contributed by atoms with Gasteiger partial charge in [0.15, 0.2) is 0 Å². The first-order chi connectivity index (χ1) is 27.8. The van der Waals surface area contributed by atoms with Gasteiger partial charge in [0.05, 0.1) is 5.69 Å². The zero-order chi connectivity index (χ0) is 37.0. The second-order valence-corrected chi connectivity index (χ2v) is 14.4. The van der Waals surface area contributed by atoms with Crippen LogP contribution in [-0.2, 0) is 0 Å². The highest BCUT2D eigenvalue weighted by atomic mass is 16.3. The van der Waals surface area contributed by atoms with Gasteiger partial charge in [-0.05, 0) is 104 Å². The third kappa shape index (κ3) is 5.19. The van der Waals surface area contributed by atoms with Gasteiger partial charge in [-0.3, -0.25) is 0 Å². The summed E-state index contributed by atoms with van der Waals surface area (Å²) >= 11 is 0. The highest BCUT2D eigenvalue weighted by Crippen LogP contribution is 2.55. The number of rotatable bonds is 5. The summed E-state index contributed by atoms with van der Waals surface area (Å²) < 4.78 is 6.56. The SMILES string of the molecule is c1ccc(-c2ccc(N(c3ccc(-c4ccccc4)cc3)c3cccc4c3-c3ccccc3-c3ccccc3-c3ccc5oc6ccccc6c5c3-4)cc2)cc1. The van der Waals surface area contributed by atoms with Gasteiger partial charge in [-0.25, -0.2) is 0 Å². The normalized spacial score (nSPS) is 11.6. The number of anilines is 3. The molecule has 9 aromatic carbocycles. The molecule has 0 spiro atoms. The van der Waals surface area contributed by atoms with Crippen molar-refractivity contribution in [3.05, 3.63) is 212 Å². The second-order valence-electron chi connectivity index (χ2n) is 14.4. The van der Waals surface area contributed by atoms with Crippen LogP contribution in [0, 0.1) is 0 Å². The molecule has 0 unspecified atom stereocenters. The number of para-hydroxylation sites is 1. The van der Waals surface area contributed by atoms with Crippen molar-refractivity contribution in [2.45, 2.75) is 0 Å². The summed E-state index contributed by atoms with van der Waals surface area (Å²) in [5.41, 5.74) is 19.3. The van der Waals surface area contributed by atoms with E-state index in [0.29, 0.717) is 0 Å². The van der Waals surface area contributed by atoms with Crippen molar-refractivity contribution in [1.29, 1.82) is 0 Å². The number of hydrogen-bond donors (Lipinski definition) is 0. The Bertz CT molecular complexity index is 2970. The molecule has 0 fully saturated rings. The minimum absolute atomic E-state index is 0.887. The average molecular weight is 714 g/mol. The van der Waals surface area contributed by atoms with Crippen LogP contribution in [0.5, 0.6) is 0 Å². The predicted molar refractivity (Wildman–Crippen MR) is 235 cm³/mol. The molecular weight excluding hydrogens is 679 g/mol. The molecule has 1 heterocycles. The minimum Gasteiger partial charge on any atom is -0.456 e. The van der Waals surface area contributed by atoms with E-state index < -0.39 is 0 Å². The van der Waals surface area contributed by atoms with Crippen LogP contribution in [-0.4, -0.2) is 0 Å². The molecule has 2 heteroatoms. The second kappa shape index (κ2) is 13.2. The average Bonchev–Trinajstić information content (AvgIpc) is 3.66. The Morgan fingerprint density at radius 3 is 1.39 bits per heavy atom. The molecule has 56 heavy (non-hydrogen) atoms. The molecule has 262 valence electrons. The Morgan fingerprint density at radius 1 is 0.286 bits per heavy atom. The molecule has 0 amide bonds. The van der Waals surface area contributed by atoms with Gasteiger partial charge in [0.1, 0.15) is 11.2 Å². The molecule has 0 radical (unpaired) electrons. The van der Waals surface area contributed by atoms with Crippen LogP contribution in [0.2, 0.25) is 0 Å². The van der Waals surface area contributed by atoms with Crippen molar-refractivity contribution in [2.75, 3.05) is 4.90 Å². The summed E-state index contributed by atoms with van der Waals surface area (Å²) in [6.07, 6.45) is 0. The van der Waals surface area contributed by atoms with Crippen LogP contribution in [0.25, 0.3) is 88.7 Å². The summed E-state index contributed by atoms with van der Waals surface area (Å²) in [5.74, 6) is 0. The molecule has 1 aliphatic rings. The van der Waals surface area contributed by atoms with E-state index in [2.05, 4.69) is 217 Å². The summed E-state index contributed by atoms with van der Waals surface area (Å²) in [4.78, 5) is 2.43. The zero-order valence-corrected chi connectivity index (χ0v) is 30.6. The van der Waals surface area contributed by atoms with Crippen molar-refractivity contribution in [3.63, 3.8) is 0 Å². The lowest BCUT2D eigenvalue weighted by Gasteiger charge is -2.31. The first-order valence-electron chi connectivity index (χ1n) is 19.2. The molecular formula is C54H35NO. The van der Waals surface area contributed by atoms with E-state index in [9.17, 15) is 0 Å². The molecule has 0 saturated carbocycles. The lowest BCUT2D eigenvalue weighted by molar-refractivity contribution is 0.669. The van der Waals surface area contributed by atoms with E-state index in [-0.39, 0.29) is 0 Å². The van der Waals surface area contributed by atoms with E-state index >= 15 is 0 Å². The van der Waals surface area contributed by atoms with Gasteiger partial charge in [0, 0.05) is 33.3 Å². The standard InChI is InChI=1S/C54H35NO/c1-3-14-36(15-4-1)38-26-30-40(31-27-38)55(41-32-28-39(29-33-41)37-16-5-2-6-17-37)49-24-13-23-48-52(49)45-21-10-9-19-43(45)42-18-7-8-20-44(42)46-34-35-51-54(53(46)48)47-22-11-12-25-50(47)56-51/h1-35H. The maximum Gasteiger partial charge on any atom is 0.136 e. The van der Waals surface area contributed by atoms with Crippen LogP contribution in [0.1, 0.15) is 0 Å². The van der Waals surface area contributed by atoms with Crippen LogP contribution in [0.4, 0.5) is 17.1 Å². The van der Waals surface area contributed by atoms with Gasteiger partial charge >= 0.3 is 0 Å². The van der Waals surface area contributed by atoms with Crippen LogP contribution >= 0.6 is 0 Å². The Morgan fingerprint density at radius 2 is 0.768 bits per heavy atom. The minimum atomic E-state index is 0.887. The Hall–Kier alpha value is -7.42. The Labute approximate surface area is 326 Å². The van der Waals surface area contributed by atoms with Crippen LogP contribution in [0.3, 0.4) is 0 Å². The first-order valence-corrected chi connectivity index (χ1v) is 19.2. The maximum atomic E-state index is 6.56. The van der Waals surface area contributed by atoms with Gasteiger partial charge < -0.3 is 9.32 Å². The van der Waals surface area contributed by atoms with E-state index in [1.807, 2.05) is 0 Å². The summed E-state index contributed by atoms with van der Waals surface area (Å²) in [7, 11) is 0. The van der Waals surface area contributed by atoms with E-state index in [1.54, 1.807) is 0 Å². The highest BCUT2D eigenvalue weighted by Gasteiger charge is 2.29. The molecule has 2 nitrogen and oxygen atoms in total. The molecule has 1 aliphatic carbocycles. The van der Waals surface area contributed by atoms with Crippen molar-refractivity contribution < 1.29 is 4.42 Å². The van der Waals surface area contributed by atoms with E-state index in [4.69, 9.17) is 4.42 Å². The van der Waals surface area contributed by atoms with Crippen LogP contribution in [0.15, 0.2) is 217 Å². The van der Waals surface area contributed by atoms with E-state index in [1.165, 1.54) is 66.8 Å². The van der Waals surface area contributed by atoms with Crippen molar-refractivity contribution in [3.8, 4) is 66.8 Å². The van der Waals surface area contributed by atoms with Crippen molar-refractivity contribution in [1.82, 2.24) is 0 Å². The van der Waals surface area contributed by atoms with Gasteiger partial charge in [0.25, 0.3) is 0 Å². The zero-order valence-electron chi connectivity index (χ0n) is 30.6. The molecule has 0 saturated heterocycles. The molecule has 0 atom stereocenters. The quantitative estimate of drug-likeness (QED) is 0.177. The highest BCUT2D eigenvalue weighted by molar-refractivity contribution is 6.20. The first kappa shape index (κ1) is 32.0. The molecule has 0 N–H and O–H groups in total. The van der Waals surface area contributed by atoms with Crippen LogP contribution < -0.4 is 4.90 Å². The number of nitrogens with zero attached hydrogens (tertiary/aromatic N) is 1. The van der Waals surface area contributed by atoms with Gasteiger partial charge in [-0.15, -0.1) is 0 Å². The topological polar surface area (TPSA) is 16.4 Å². The maximum absolute atomic E-state index is 6.56. The molecule has 11 rings (SSSR count). The summed E-state index contributed by atoms with van der Waals surface area (Å²) in [6.45, 7) is 0. The lowest BCUT2D eigenvalue weighted by Crippen LogP contribution is -2.12.